The van der Waals surface area contributed by atoms with Crippen molar-refractivity contribution < 1.29 is 17.1 Å². The molecule has 37 heavy (non-hydrogen) atoms. The minimum atomic E-state index is -0.170. The molecule has 2 aliphatic heterocycles. The molecule has 3 atom stereocenters. The standard InChI is InChI=1S/C27H49N2P2.C5H5.Fe/c1-24(2,3)22-14-19(18-31(25(4,5)6)26(7,8)9)23(15-22)27(30,20-10-12-28-16-20)21-11-13-29-17-21;1-2-4-5-3-1;/h14-15,20-21,28-29H,10-13,16-18,30H2,1-9H3;1-5H;/q2*-1;+2. The topological polar surface area (TPSA) is 24.1 Å². The van der Waals surface area contributed by atoms with Gasteiger partial charge in [-0.3, -0.25) is 0 Å². The molecule has 2 heterocycles. The van der Waals surface area contributed by atoms with Crippen molar-refractivity contribution in [1.82, 2.24) is 10.6 Å². The average Bonchev–Trinajstić information content (AvgIpc) is 3.57. The van der Waals surface area contributed by atoms with Crippen LogP contribution < -0.4 is 10.6 Å². The van der Waals surface area contributed by atoms with Crippen LogP contribution in [0.3, 0.4) is 0 Å². The van der Waals surface area contributed by atoms with E-state index >= 15 is 0 Å². The first-order valence-corrected chi connectivity index (χ1v) is 16.2. The molecule has 210 valence electrons. The molecule has 2 aromatic rings. The maximum Gasteiger partial charge on any atom is 2.00 e. The SMILES string of the molecule is CC(C)(C)c1cc(CP(C(C)(C)C)C(C)(C)C)c(C(P)(C2CCNC2)C2CCNC2)[cH-]1.[Fe+2].c1cc[cH-]c1. The van der Waals surface area contributed by atoms with E-state index in [0.717, 1.165) is 13.1 Å². The predicted octanol–water partition coefficient (Wildman–Crippen LogP) is 7.97. The van der Waals surface area contributed by atoms with Gasteiger partial charge in [0.25, 0.3) is 0 Å². The Hall–Kier alpha value is -0.000519. The van der Waals surface area contributed by atoms with Crippen molar-refractivity contribution in [2.24, 2.45) is 11.8 Å². The molecule has 4 rings (SSSR count). The van der Waals surface area contributed by atoms with Gasteiger partial charge in [-0.05, 0) is 71.7 Å². The van der Waals surface area contributed by atoms with E-state index in [4.69, 9.17) is 0 Å². The van der Waals surface area contributed by atoms with Gasteiger partial charge in [-0.2, -0.15) is 41.0 Å². The molecule has 0 radical (unpaired) electrons. The largest absolute Gasteiger partial charge is 2.00 e. The first kappa shape index (κ1) is 33.2. The second kappa shape index (κ2) is 13.1. The van der Waals surface area contributed by atoms with Crippen molar-refractivity contribution in [3.05, 3.63) is 59.2 Å². The van der Waals surface area contributed by atoms with Gasteiger partial charge in [0.15, 0.2) is 0 Å². The summed E-state index contributed by atoms with van der Waals surface area (Å²) in [6.07, 6.45) is 3.83. The Morgan fingerprint density at radius 1 is 0.865 bits per heavy atom. The average molecular weight is 585 g/mol. The molecule has 2 N–H and O–H groups in total. The van der Waals surface area contributed by atoms with E-state index in [0.29, 0.717) is 22.1 Å². The summed E-state index contributed by atoms with van der Waals surface area (Å²) >= 11 is 0. The molecule has 2 aliphatic rings. The molecule has 3 unspecified atom stereocenters. The van der Waals surface area contributed by atoms with Crippen LogP contribution in [0.2, 0.25) is 0 Å². The van der Waals surface area contributed by atoms with Crippen LogP contribution in [0.4, 0.5) is 0 Å². The van der Waals surface area contributed by atoms with Gasteiger partial charge < -0.3 is 10.6 Å². The fraction of sp³-hybridized carbons (Fsp3) is 0.688. The molecule has 0 saturated carbocycles. The summed E-state index contributed by atoms with van der Waals surface area (Å²) in [6.45, 7) is 26.6. The van der Waals surface area contributed by atoms with Gasteiger partial charge in [-0.15, -0.1) is 17.2 Å². The third-order valence-electron chi connectivity index (χ3n) is 8.28. The van der Waals surface area contributed by atoms with E-state index in [2.05, 4.69) is 94.3 Å². The zero-order valence-electron chi connectivity index (χ0n) is 25.0. The second-order valence-electron chi connectivity index (χ2n) is 14.1. The summed E-state index contributed by atoms with van der Waals surface area (Å²) in [5.41, 5.74) is 5.02. The quantitative estimate of drug-likeness (QED) is 0.212. The van der Waals surface area contributed by atoms with Crippen LogP contribution in [0, 0.1) is 11.8 Å². The summed E-state index contributed by atoms with van der Waals surface area (Å²) in [6, 6.07) is 15.2. The number of hydrogen-bond acceptors (Lipinski definition) is 2. The van der Waals surface area contributed by atoms with E-state index in [1.807, 2.05) is 30.3 Å². The van der Waals surface area contributed by atoms with Gasteiger partial charge in [0.1, 0.15) is 0 Å². The molecule has 2 saturated heterocycles. The Morgan fingerprint density at radius 2 is 1.35 bits per heavy atom. The van der Waals surface area contributed by atoms with Crippen LogP contribution >= 0.6 is 17.2 Å². The fourth-order valence-electron chi connectivity index (χ4n) is 6.39. The van der Waals surface area contributed by atoms with Crippen LogP contribution in [0.25, 0.3) is 0 Å². The molecule has 0 aliphatic carbocycles. The smallest absolute Gasteiger partial charge is 0.316 e. The molecule has 0 spiro atoms. The van der Waals surface area contributed by atoms with Crippen LogP contribution in [0.15, 0.2) is 42.5 Å². The summed E-state index contributed by atoms with van der Waals surface area (Å²) in [4.78, 5) is 0. The summed E-state index contributed by atoms with van der Waals surface area (Å²) in [7, 11) is 3.29. The van der Waals surface area contributed by atoms with Crippen molar-refractivity contribution in [2.75, 3.05) is 26.2 Å². The van der Waals surface area contributed by atoms with E-state index < -0.39 is 0 Å². The third kappa shape index (κ3) is 8.26. The van der Waals surface area contributed by atoms with Crippen molar-refractivity contribution in [3.8, 4) is 0 Å². The maximum absolute atomic E-state index is 3.69. The fourth-order valence-corrected chi connectivity index (χ4v) is 10.8. The zero-order chi connectivity index (χ0) is 26.8. The number of hydrogen-bond donors (Lipinski definition) is 2. The summed E-state index contributed by atoms with van der Waals surface area (Å²) in [5, 5.41) is 8.23. The molecule has 5 heteroatoms. The van der Waals surface area contributed by atoms with Gasteiger partial charge >= 0.3 is 17.1 Å². The summed E-state index contributed by atoms with van der Waals surface area (Å²) < 4.78 is 0. The van der Waals surface area contributed by atoms with Gasteiger partial charge in [0.2, 0.25) is 0 Å². The van der Waals surface area contributed by atoms with Crippen molar-refractivity contribution in [2.45, 2.75) is 102 Å². The molecule has 0 amide bonds. The second-order valence-corrected chi connectivity index (χ2v) is 18.9. The summed E-state index contributed by atoms with van der Waals surface area (Å²) in [5.74, 6) is 1.40. The Labute approximate surface area is 243 Å². The van der Waals surface area contributed by atoms with Crippen LogP contribution in [-0.4, -0.2) is 36.5 Å². The first-order valence-electron chi connectivity index (χ1n) is 14.1. The van der Waals surface area contributed by atoms with Gasteiger partial charge in [-0.1, -0.05) is 68.5 Å². The van der Waals surface area contributed by atoms with Crippen LogP contribution in [0.1, 0.15) is 91.8 Å². The van der Waals surface area contributed by atoms with Gasteiger partial charge in [0, 0.05) is 0 Å². The van der Waals surface area contributed by atoms with E-state index in [-0.39, 0.29) is 35.6 Å². The Balaban J connectivity index is 0.000000716. The Bertz CT molecular complexity index is 868. The minimum absolute atomic E-state index is 0. The number of nitrogens with one attached hydrogen (secondary N) is 2. The monoisotopic (exact) mass is 584 g/mol. The van der Waals surface area contributed by atoms with Crippen molar-refractivity contribution in [3.63, 3.8) is 0 Å². The van der Waals surface area contributed by atoms with E-state index in [9.17, 15) is 0 Å². The molecular weight excluding hydrogens is 530 g/mol. The normalized spacial score (nSPS) is 22.4. The zero-order valence-corrected chi connectivity index (χ0v) is 28.2. The van der Waals surface area contributed by atoms with Crippen molar-refractivity contribution in [1.29, 1.82) is 0 Å². The van der Waals surface area contributed by atoms with Crippen LogP contribution in [-0.2, 0) is 33.8 Å². The van der Waals surface area contributed by atoms with Crippen LogP contribution in [0.5, 0.6) is 0 Å². The van der Waals surface area contributed by atoms with Gasteiger partial charge in [0.05, 0.1) is 0 Å². The van der Waals surface area contributed by atoms with E-state index in [1.165, 1.54) is 37.7 Å². The third-order valence-corrected chi connectivity index (χ3v) is 13.4. The molecule has 0 aromatic heterocycles. The number of rotatable bonds is 5. The van der Waals surface area contributed by atoms with E-state index in [1.54, 1.807) is 11.1 Å². The molecule has 2 nitrogen and oxygen atoms in total. The van der Waals surface area contributed by atoms with Gasteiger partial charge in [-0.25, -0.2) is 18.2 Å². The molecule has 0 bridgehead atoms. The molecule has 2 fully saturated rings. The Kier molecular flexibility index (Phi) is 11.8. The Morgan fingerprint density at radius 3 is 1.68 bits per heavy atom. The van der Waals surface area contributed by atoms with Crippen molar-refractivity contribution >= 4 is 17.2 Å². The first-order chi connectivity index (χ1) is 16.6. The molecule has 2 aromatic carbocycles. The predicted molar refractivity (Wildman–Crippen MR) is 166 cm³/mol. The minimum Gasteiger partial charge on any atom is -0.316 e. The maximum atomic E-state index is 3.69. The molecular formula is C32H54FeN2P2.